The lowest BCUT2D eigenvalue weighted by atomic mass is 10.1. The summed E-state index contributed by atoms with van der Waals surface area (Å²) >= 11 is 1.16. The Labute approximate surface area is 156 Å². The first-order valence-corrected chi connectivity index (χ1v) is 9.48. The molecule has 1 saturated heterocycles. The first-order valence-electron chi connectivity index (χ1n) is 8.75. The molecule has 1 fully saturated rings. The van der Waals surface area contributed by atoms with Crippen molar-refractivity contribution in [3.63, 3.8) is 0 Å². The zero-order valence-electron chi connectivity index (χ0n) is 14.6. The summed E-state index contributed by atoms with van der Waals surface area (Å²) in [6.45, 7) is 4.74. The number of hydrogen-bond acceptors (Lipinski definition) is 5. The molecule has 2 N–H and O–H groups in total. The van der Waals surface area contributed by atoms with Gasteiger partial charge in [-0.25, -0.2) is 4.79 Å². The molecule has 2 aromatic carbocycles. The largest absolute Gasteiger partial charge is 0.334 e. The van der Waals surface area contributed by atoms with E-state index in [0.29, 0.717) is 0 Å². The highest BCUT2D eigenvalue weighted by atomic mass is 32.1. The third-order valence-electron chi connectivity index (χ3n) is 4.73. The molecule has 0 radical (unpaired) electrons. The fraction of sp³-hybridized carbons (Fsp3) is 0.316. The van der Waals surface area contributed by atoms with Gasteiger partial charge in [-0.2, -0.15) is 8.75 Å². The van der Waals surface area contributed by atoms with E-state index in [1.54, 1.807) is 0 Å². The van der Waals surface area contributed by atoms with Gasteiger partial charge in [0.15, 0.2) is 0 Å². The molecule has 0 bridgehead atoms. The highest BCUT2D eigenvalue weighted by Crippen LogP contribution is 2.25. The van der Waals surface area contributed by atoms with Crippen LogP contribution in [-0.2, 0) is 6.54 Å². The molecule has 0 aliphatic carbocycles. The molecule has 0 spiro atoms. The summed E-state index contributed by atoms with van der Waals surface area (Å²) in [6.07, 6.45) is 0.960. The van der Waals surface area contributed by atoms with Gasteiger partial charge in [0.2, 0.25) is 0 Å². The molecule has 26 heavy (non-hydrogen) atoms. The maximum atomic E-state index is 12.5. The normalized spacial score (nSPS) is 17.5. The number of hydrogen-bond donors (Lipinski definition) is 2. The number of benzene rings is 2. The van der Waals surface area contributed by atoms with E-state index in [1.807, 2.05) is 25.1 Å². The number of aromatic nitrogens is 2. The van der Waals surface area contributed by atoms with E-state index in [0.717, 1.165) is 60.1 Å². The van der Waals surface area contributed by atoms with Gasteiger partial charge in [-0.05, 0) is 30.5 Å². The van der Waals surface area contributed by atoms with E-state index in [2.05, 4.69) is 48.5 Å². The van der Waals surface area contributed by atoms with Gasteiger partial charge in [0.1, 0.15) is 11.0 Å². The summed E-state index contributed by atoms with van der Waals surface area (Å²) < 4.78 is 8.54. The van der Waals surface area contributed by atoms with E-state index in [1.165, 1.54) is 5.56 Å². The maximum absolute atomic E-state index is 12.5. The van der Waals surface area contributed by atoms with Gasteiger partial charge in [-0.3, -0.25) is 4.90 Å². The van der Waals surface area contributed by atoms with E-state index >= 15 is 0 Å². The number of nitrogens with one attached hydrogen (secondary N) is 2. The first kappa shape index (κ1) is 16.9. The molecule has 4 rings (SSSR count). The number of carbonyl (C=O) groups is 1. The molecule has 1 unspecified atom stereocenters. The molecule has 1 aromatic heterocycles. The van der Waals surface area contributed by atoms with Gasteiger partial charge in [0.05, 0.1) is 17.4 Å². The molecule has 6 nitrogen and oxygen atoms in total. The fourth-order valence-corrected chi connectivity index (χ4v) is 3.92. The number of aryl methyl sites for hydroxylation is 1. The number of nitrogens with zero attached hydrogens (tertiary/aromatic N) is 3. The molecule has 2 amide bonds. The number of likely N-dealkylation sites (tertiary alicyclic amines) is 1. The van der Waals surface area contributed by atoms with Crippen molar-refractivity contribution in [1.82, 2.24) is 19.0 Å². The Morgan fingerprint density at radius 3 is 2.92 bits per heavy atom. The van der Waals surface area contributed by atoms with Crippen molar-refractivity contribution in [2.75, 3.05) is 18.4 Å². The summed E-state index contributed by atoms with van der Waals surface area (Å²) in [5.74, 6) is 0. The lowest BCUT2D eigenvalue weighted by molar-refractivity contribution is 0.247. The van der Waals surface area contributed by atoms with Crippen LogP contribution in [0.2, 0.25) is 0 Å². The van der Waals surface area contributed by atoms with Crippen molar-refractivity contribution in [2.24, 2.45) is 0 Å². The zero-order chi connectivity index (χ0) is 17.9. The quantitative estimate of drug-likeness (QED) is 0.741. The van der Waals surface area contributed by atoms with Crippen molar-refractivity contribution in [3.05, 3.63) is 53.6 Å². The number of rotatable bonds is 4. The summed E-state index contributed by atoms with van der Waals surface area (Å²) in [6, 6.07) is 14.3. The molecule has 3 aromatic rings. The molecule has 1 atom stereocenters. The van der Waals surface area contributed by atoms with Crippen molar-refractivity contribution in [3.8, 4) is 0 Å². The Hall–Kier alpha value is -2.51. The topological polar surface area (TPSA) is 70.1 Å². The average Bonchev–Trinajstić information content (AvgIpc) is 3.28. The van der Waals surface area contributed by atoms with Gasteiger partial charge in [-0.15, -0.1) is 0 Å². The Morgan fingerprint density at radius 2 is 2.08 bits per heavy atom. The molecule has 134 valence electrons. The van der Waals surface area contributed by atoms with Crippen LogP contribution in [0.5, 0.6) is 0 Å². The Kier molecular flexibility index (Phi) is 4.81. The predicted molar refractivity (Wildman–Crippen MR) is 104 cm³/mol. The Bertz CT molecular complexity index is 911. The number of urea groups is 1. The van der Waals surface area contributed by atoms with E-state index in [9.17, 15) is 4.79 Å². The third-order valence-corrected chi connectivity index (χ3v) is 5.27. The molecule has 0 saturated carbocycles. The minimum Gasteiger partial charge on any atom is -0.334 e. The lowest BCUT2D eigenvalue weighted by Gasteiger charge is -2.17. The number of carbonyl (C=O) groups excluding carboxylic acids is 1. The molecule has 2 heterocycles. The van der Waals surface area contributed by atoms with Crippen molar-refractivity contribution in [1.29, 1.82) is 0 Å². The van der Waals surface area contributed by atoms with Crippen LogP contribution in [0.15, 0.2) is 42.5 Å². The Balaban J connectivity index is 1.35. The Morgan fingerprint density at radius 1 is 1.23 bits per heavy atom. The molecule has 1 aliphatic heterocycles. The van der Waals surface area contributed by atoms with Crippen LogP contribution < -0.4 is 10.6 Å². The third kappa shape index (κ3) is 3.68. The molecular formula is C19H21N5OS. The number of anilines is 1. The van der Waals surface area contributed by atoms with Gasteiger partial charge >= 0.3 is 6.03 Å². The maximum Gasteiger partial charge on any atom is 0.319 e. The van der Waals surface area contributed by atoms with Gasteiger partial charge in [0.25, 0.3) is 0 Å². The van der Waals surface area contributed by atoms with Crippen LogP contribution in [0, 0.1) is 6.92 Å². The first-order chi connectivity index (χ1) is 12.7. The highest BCUT2D eigenvalue weighted by Gasteiger charge is 2.24. The molecule has 1 aliphatic rings. The lowest BCUT2D eigenvalue weighted by Crippen LogP contribution is -2.39. The summed E-state index contributed by atoms with van der Waals surface area (Å²) in [4.78, 5) is 14.8. The summed E-state index contributed by atoms with van der Waals surface area (Å²) in [5, 5.41) is 6.06. The summed E-state index contributed by atoms with van der Waals surface area (Å²) in [5.41, 5.74) is 4.59. The van der Waals surface area contributed by atoms with E-state index in [-0.39, 0.29) is 12.1 Å². The predicted octanol–water partition coefficient (Wildman–Crippen LogP) is 3.40. The minimum atomic E-state index is -0.180. The van der Waals surface area contributed by atoms with Crippen LogP contribution in [0.25, 0.3) is 11.0 Å². The van der Waals surface area contributed by atoms with Gasteiger partial charge in [-0.1, -0.05) is 36.4 Å². The van der Waals surface area contributed by atoms with Crippen LogP contribution >= 0.6 is 11.7 Å². The number of amides is 2. The van der Waals surface area contributed by atoms with Gasteiger partial charge in [0, 0.05) is 25.7 Å². The van der Waals surface area contributed by atoms with Crippen molar-refractivity contribution >= 4 is 34.5 Å². The smallest absolute Gasteiger partial charge is 0.319 e. The van der Waals surface area contributed by atoms with E-state index in [4.69, 9.17) is 0 Å². The highest BCUT2D eigenvalue weighted by molar-refractivity contribution is 7.00. The second kappa shape index (κ2) is 7.39. The standard InChI is InChI=1S/C19H21N5OS/c1-13-7-8-16-18(23-26-22-16)17(13)21-19(25)20-15-9-10-24(12-15)11-14-5-3-2-4-6-14/h2-8,15H,9-12H2,1H3,(H2,20,21,25). The fourth-order valence-electron chi connectivity index (χ4n) is 3.38. The minimum absolute atomic E-state index is 0.159. The van der Waals surface area contributed by atoms with Gasteiger partial charge < -0.3 is 10.6 Å². The number of fused-ring (bicyclic) bond motifs is 1. The summed E-state index contributed by atoms with van der Waals surface area (Å²) in [7, 11) is 0. The monoisotopic (exact) mass is 367 g/mol. The second-order valence-electron chi connectivity index (χ2n) is 6.69. The second-order valence-corrected chi connectivity index (χ2v) is 7.22. The molecule has 7 heteroatoms. The van der Waals surface area contributed by atoms with Crippen LogP contribution in [-0.4, -0.2) is 38.8 Å². The van der Waals surface area contributed by atoms with E-state index < -0.39 is 0 Å². The SMILES string of the molecule is Cc1ccc2nsnc2c1NC(=O)NC1CCN(Cc2ccccc2)C1. The zero-order valence-corrected chi connectivity index (χ0v) is 15.4. The van der Waals surface area contributed by atoms with Crippen LogP contribution in [0.4, 0.5) is 10.5 Å². The van der Waals surface area contributed by atoms with Crippen LogP contribution in [0.3, 0.4) is 0 Å². The average molecular weight is 367 g/mol. The molecular weight excluding hydrogens is 346 g/mol. The van der Waals surface area contributed by atoms with Crippen molar-refractivity contribution < 1.29 is 4.79 Å². The van der Waals surface area contributed by atoms with Crippen molar-refractivity contribution in [2.45, 2.75) is 25.9 Å². The van der Waals surface area contributed by atoms with Crippen LogP contribution in [0.1, 0.15) is 17.5 Å².